The predicted octanol–water partition coefficient (Wildman–Crippen LogP) is 2.77. The lowest BCUT2D eigenvalue weighted by atomic mass is 10.1. The van der Waals surface area contributed by atoms with E-state index >= 15 is 0 Å². The third kappa shape index (κ3) is 3.76. The molecule has 0 aliphatic rings. The monoisotopic (exact) mass is 212 g/mol. The van der Waals surface area contributed by atoms with Crippen LogP contribution in [0.15, 0.2) is 5.38 Å². The molecule has 1 aromatic rings. The molecule has 1 unspecified atom stereocenters. The van der Waals surface area contributed by atoms with Crippen LogP contribution in [0.3, 0.4) is 0 Å². The smallest absolute Gasteiger partial charge is 0.0928 e. The zero-order valence-electron chi connectivity index (χ0n) is 9.12. The Morgan fingerprint density at radius 3 is 2.86 bits per heavy atom. The topological polar surface area (TPSA) is 38.9 Å². The molecule has 1 rings (SSSR count). The van der Waals surface area contributed by atoms with Crippen LogP contribution in [0.25, 0.3) is 0 Å². The summed E-state index contributed by atoms with van der Waals surface area (Å²) in [6.07, 6.45) is 5.48. The summed E-state index contributed by atoms with van der Waals surface area (Å²) in [5.41, 5.74) is 7.14. The van der Waals surface area contributed by atoms with Crippen LogP contribution in [0.4, 0.5) is 0 Å². The van der Waals surface area contributed by atoms with E-state index in [0.29, 0.717) is 0 Å². The number of aromatic nitrogens is 1. The fraction of sp³-hybridized carbons (Fsp3) is 0.727. The summed E-state index contributed by atoms with van der Waals surface area (Å²) in [5, 5.41) is 3.41. The van der Waals surface area contributed by atoms with Crippen molar-refractivity contribution in [3.05, 3.63) is 16.1 Å². The largest absolute Gasteiger partial charge is 0.327 e. The number of thiazole rings is 1. The van der Waals surface area contributed by atoms with Gasteiger partial charge < -0.3 is 5.73 Å². The second-order valence-corrected chi connectivity index (χ2v) is 4.68. The maximum atomic E-state index is 5.96. The van der Waals surface area contributed by atoms with Crippen LogP contribution in [0.2, 0.25) is 0 Å². The summed E-state index contributed by atoms with van der Waals surface area (Å²) in [6.45, 7) is 4.35. The van der Waals surface area contributed by atoms with E-state index in [1.54, 1.807) is 11.3 Å². The van der Waals surface area contributed by atoms with E-state index in [9.17, 15) is 0 Å². The van der Waals surface area contributed by atoms with Crippen molar-refractivity contribution in [2.45, 2.75) is 52.0 Å². The number of nitrogens with zero attached hydrogens (tertiary/aromatic N) is 1. The molecular formula is C11H20N2S. The maximum Gasteiger partial charge on any atom is 0.0928 e. The molecule has 0 aromatic carbocycles. The molecule has 0 saturated heterocycles. The Morgan fingerprint density at radius 2 is 2.21 bits per heavy atom. The quantitative estimate of drug-likeness (QED) is 0.787. The van der Waals surface area contributed by atoms with Gasteiger partial charge in [-0.15, -0.1) is 11.3 Å². The number of hydrogen-bond acceptors (Lipinski definition) is 3. The molecule has 14 heavy (non-hydrogen) atoms. The minimum absolute atomic E-state index is 0.288. The normalized spacial score (nSPS) is 13.1. The second kappa shape index (κ2) is 6.14. The fourth-order valence-electron chi connectivity index (χ4n) is 1.51. The van der Waals surface area contributed by atoms with Crippen molar-refractivity contribution in [1.82, 2.24) is 4.98 Å². The first-order valence-corrected chi connectivity index (χ1v) is 6.33. The highest BCUT2D eigenvalue weighted by molar-refractivity contribution is 7.09. The lowest BCUT2D eigenvalue weighted by Gasteiger charge is -2.06. The molecule has 0 fully saturated rings. The summed E-state index contributed by atoms with van der Waals surface area (Å²) in [4.78, 5) is 4.56. The number of nitrogens with two attached hydrogens (primary N) is 1. The van der Waals surface area contributed by atoms with Gasteiger partial charge in [-0.3, -0.25) is 0 Å². The highest BCUT2D eigenvalue weighted by atomic mass is 32.1. The molecule has 1 heterocycles. The molecule has 0 bridgehead atoms. The first kappa shape index (κ1) is 11.7. The first-order valence-electron chi connectivity index (χ1n) is 5.45. The average molecular weight is 212 g/mol. The van der Waals surface area contributed by atoms with Crippen molar-refractivity contribution in [3.63, 3.8) is 0 Å². The molecular weight excluding hydrogens is 192 g/mol. The fourth-order valence-corrected chi connectivity index (χ4v) is 2.43. The lowest BCUT2D eigenvalue weighted by Crippen LogP contribution is -2.22. The molecule has 0 aliphatic heterocycles. The molecule has 0 amide bonds. The van der Waals surface area contributed by atoms with E-state index in [1.807, 2.05) is 0 Å². The van der Waals surface area contributed by atoms with Crippen molar-refractivity contribution in [2.24, 2.45) is 5.73 Å². The molecule has 3 heteroatoms. The van der Waals surface area contributed by atoms with Crippen LogP contribution in [-0.2, 0) is 12.8 Å². The second-order valence-electron chi connectivity index (χ2n) is 3.74. The van der Waals surface area contributed by atoms with Gasteiger partial charge in [-0.1, -0.05) is 20.3 Å². The van der Waals surface area contributed by atoms with Crippen LogP contribution < -0.4 is 5.73 Å². The van der Waals surface area contributed by atoms with Gasteiger partial charge in [-0.05, 0) is 19.3 Å². The third-order valence-electron chi connectivity index (χ3n) is 2.19. The maximum absolute atomic E-state index is 5.96. The van der Waals surface area contributed by atoms with Crippen molar-refractivity contribution < 1.29 is 0 Å². The van der Waals surface area contributed by atoms with Gasteiger partial charge in [0.05, 0.1) is 10.7 Å². The highest BCUT2D eigenvalue weighted by Crippen LogP contribution is 2.13. The van der Waals surface area contributed by atoms with Crippen molar-refractivity contribution in [1.29, 1.82) is 0 Å². The molecule has 1 aromatic heterocycles. The van der Waals surface area contributed by atoms with Gasteiger partial charge in [0.15, 0.2) is 0 Å². The Hall–Kier alpha value is -0.410. The Bertz CT molecular complexity index is 258. The van der Waals surface area contributed by atoms with E-state index in [-0.39, 0.29) is 6.04 Å². The van der Waals surface area contributed by atoms with Crippen molar-refractivity contribution in [3.8, 4) is 0 Å². The number of aryl methyl sites for hydroxylation is 1. The summed E-state index contributed by atoms with van der Waals surface area (Å²) in [5.74, 6) is 0. The molecule has 1 atom stereocenters. The molecule has 0 radical (unpaired) electrons. The van der Waals surface area contributed by atoms with E-state index in [2.05, 4.69) is 24.2 Å². The highest BCUT2D eigenvalue weighted by Gasteiger charge is 2.06. The van der Waals surface area contributed by atoms with E-state index in [1.165, 1.54) is 17.1 Å². The number of hydrogen-bond donors (Lipinski definition) is 1. The molecule has 2 nitrogen and oxygen atoms in total. The Labute approximate surface area is 90.6 Å². The minimum Gasteiger partial charge on any atom is -0.327 e. The first-order chi connectivity index (χ1) is 6.76. The van der Waals surface area contributed by atoms with Crippen molar-refractivity contribution >= 4 is 11.3 Å². The van der Waals surface area contributed by atoms with Gasteiger partial charge in [-0.2, -0.15) is 0 Å². The zero-order chi connectivity index (χ0) is 10.4. The third-order valence-corrected chi connectivity index (χ3v) is 3.15. The van der Waals surface area contributed by atoms with Gasteiger partial charge in [0.1, 0.15) is 0 Å². The van der Waals surface area contributed by atoms with E-state index < -0.39 is 0 Å². The van der Waals surface area contributed by atoms with Gasteiger partial charge in [-0.25, -0.2) is 4.98 Å². The standard InChI is InChI=1S/C11H20N2S/c1-3-5-9(12)7-10-8-14-11(13-10)6-4-2/h8-9H,3-7,12H2,1-2H3. The molecule has 2 N–H and O–H groups in total. The molecule has 80 valence electrons. The lowest BCUT2D eigenvalue weighted by molar-refractivity contribution is 0.594. The van der Waals surface area contributed by atoms with E-state index in [4.69, 9.17) is 5.73 Å². The Kier molecular flexibility index (Phi) is 5.12. The van der Waals surface area contributed by atoms with Crippen LogP contribution in [0, 0.1) is 0 Å². The number of rotatable bonds is 6. The molecule has 0 aliphatic carbocycles. The summed E-state index contributed by atoms with van der Waals surface area (Å²) in [6, 6.07) is 0.288. The van der Waals surface area contributed by atoms with Crippen LogP contribution in [0.5, 0.6) is 0 Å². The van der Waals surface area contributed by atoms with E-state index in [0.717, 1.165) is 25.7 Å². The molecule has 0 spiro atoms. The SMILES string of the molecule is CCCc1nc(CC(N)CCC)cs1. The van der Waals surface area contributed by atoms with Crippen LogP contribution in [-0.4, -0.2) is 11.0 Å². The van der Waals surface area contributed by atoms with Crippen LogP contribution in [0.1, 0.15) is 43.8 Å². The van der Waals surface area contributed by atoms with Gasteiger partial charge in [0.2, 0.25) is 0 Å². The Balaban J connectivity index is 2.42. The average Bonchev–Trinajstić information content (AvgIpc) is 2.53. The van der Waals surface area contributed by atoms with Gasteiger partial charge in [0, 0.05) is 17.8 Å². The van der Waals surface area contributed by atoms with Gasteiger partial charge in [0.25, 0.3) is 0 Å². The summed E-state index contributed by atoms with van der Waals surface area (Å²) < 4.78 is 0. The summed E-state index contributed by atoms with van der Waals surface area (Å²) >= 11 is 1.77. The molecule has 0 saturated carbocycles. The predicted molar refractivity (Wildman–Crippen MR) is 62.7 cm³/mol. The summed E-state index contributed by atoms with van der Waals surface area (Å²) in [7, 11) is 0. The minimum atomic E-state index is 0.288. The Morgan fingerprint density at radius 1 is 1.43 bits per heavy atom. The van der Waals surface area contributed by atoms with Crippen molar-refractivity contribution in [2.75, 3.05) is 0 Å². The zero-order valence-corrected chi connectivity index (χ0v) is 9.94. The van der Waals surface area contributed by atoms with Crippen LogP contribution >= 0.6 is 11.3 Å². The van der Waals surface area contributed by atoms with Gasteiger partial charge >= 0.3 is 0 Å².